The Morgan fingerprint density at radius 2 is 2.06 bits per heavy atom. The zero-order valence-electron chi connectivity index (χ0n) is 8.61. The largest absolute Gasteiger partial charge is 0.329 e. The first-order chi connectivity index (χ1) is 7.77. The molecule has 0 saturated carbocycles. The Morgan fingerprint density at radius 1 is 1.31 bits per heavy atom. The minimum Gasteiger partial charge on any atom is -0.329 e. The average Bonchev–Trinajstić information content (AvgIpc) is 2.85. The minimum atomic E-state index is 0.444. The molecule has 1 aromatic carbocycles. The second-order valence-electron chi connectivity index (χ2n) is 4.03. The molecule has 0 amide bonds. The molecule has 3 rings (SSSR count). The Bertz CT molecular complexity index is 615. The van der Waals surface area contributed by atoms with E-state index in [0.29, 0.717) is 6.04 Å². The summed E-state index contributed by atoms with van der Waals surface area (Å²) >= 11 is 11.5. The number of fused-ring (bicyclic) bond motifs is 1. The van der Waals surface area contributed by atoms with Crippen LogP contribution in [0.1, 0.15) is 18.9 Å². The first-order valence-electron chi connectivity index (χ1n) is 5.31. The summed E-state index contributed by atoms with van der Waals surface area (Å²) in [5.74, 6) is 0. The number of rotatable bonds is 1. The molecule has 1 aliphatic rings. The Kier molecular flexibility index (Phi) is 2.37. The lowest BCUT2D eigenvalue weighted by Gasteiger charge is -2.12. The van der Waals surface area contributed by atoms with Gasteiger partial charge in [0.15, 0.2) is 4.77 Å². The highest BCUT2D eigenvalue weighted by atomic mass is 35.5. The number of nitrogens with one attached hydrogen (secondary N) is 1. The van der Waals surface area contributed by atoms with E-state index < -0.39 is 0 Å². The molecule has 0 bridgehead atoms. The summed E-state index contributed by atoms with van der Waals surface area (Å²) < 4.78 is 2.94. The van der Waals surface area contributed by atoms with Crippen LogP contribution in [0.3, 0.4) is 0 Å². The average molecular weight is 251 g/mol. The molecular formula is C12H11ClN2S. The molecular weight excluding hydrogens is 240 g/mol. The smallest absolute Gasteiger partial charge is 0.178 e. The van der Waals surface area contributed by atoms with Crippen molar-refractivity contribution in [2.75, 3.05) is 0 Å². The van der Waals surface area contributed by atoms with Crippen LogP contribution in [0, 0.1) is 4.77 Å². The van der Waals surface area contributed by atoms with E-state index in [0.717, 1.165) is 33.7 Å². The maximum atomic E-state index is 6.14. The topological polar surface area (TPSA) is 20.7 Å². The highest BCUT2D eigenvalue weighted by Gasteiger charge is 2.17. The van der Waals surface area contributed by atoms with Gasteiger partial charge in [0.05, 0.1) is 16.1 Å². The number of halogens is 1. The van der Waals surface area contributed by atoms with Gasteiger partial charge >= 0.3 is 0 Å². The molecule has 0 atom stereocenters. The molecule has 0 fully saturated rings. The molecule has 2 nitrogen and oxygen atoms in total. The molecule has 16 heavy (non-hydrogen) atoms. The van der Waals surface area contributed by atoms with Gasteiger partial charge < -0.3 is 9.55 Å². The third-order valence-corrected chi connectivity index (χ3v) is 3.66. The van der Waals surface area contributed by atoms with Crippen molar-refractivity contribution >= 4 is 34.9 Å². The van der Waals surface area contributed by atoms with Crippen LogP contribution in [0.4, 0.5) is 0 Å². The van der Waals surface area contributed by atoms with Crippen LogP contribution in [0.25, 0.3) is 11.0 Å². The van der Waals surface area contributed by atoms with Gasteiger partial charge in [-0.25, -0.2) is 0 Å². The maximum absolute atomic E-state index is 6.14. The molecule has 1 N–H and O–H groups in total. The predicted octanol–water partition coefficient (Wildman–Crippen LogP) is 4.24. The van der Waals surface area contributed by atoms with E-state index in [4.69, 9.17) is 23.8 Å². The Morgan fingerprint density at radius 3 is 2.81 bits per heavy atom. The molecule has 1 aromatic heterocycles. The summed E-state index contributed by atoms with van der Waals surface area (Å²) in [6, 6.07) is 6.35. The first kappa shape index (κ1) is 10.1. The molecule has 0 unspecified atom stereocenters. The van der Waals surface area contributed by atoms with Crippen molar-refractivity contribution in [3.63, 3.8) is 0 Å². The van der Waals surface area contributed by atoms with Crippen LogP contribution in [0.2, 0.25) is 5.02 Å². The fourth-order valence-corrected chi connectivity index (χ4v) is 2.86. The lowest BCUT2D eigenvalue weighted by molar-refractivity contribution is 0.544. The van der Waals surface area contributed by atoms with Crippen molar-refractivity contribution in [3.05, 3.63) is 40.1 Å². The number of nitrogens with zero attached hydrogens (tertiary/aromatic N) is 1. The minimum absolute atomic E-state index is 0.444. The highest BCUT2D eigenvalue weighted by Crippen LogP contribution is 2.30. The molecule has 1 heterocycles. The number of aromatic nitrogens is 2. The molecule has 2 aromatic rings. The summed E-state index contributed by atoms with van der Waals surface area (Å²) in [5, 5.41) is 0.730. The van der Waals surface area contributed by atoms with E-state index in [1.807, 2.05) is 12.1 Å². The highest BCUT2D eigenvalue weighted by molar-refractivity contribution is 7.71. The van der Waals surface area contributed by atoms with Gasteiger partial charge in [0.2, 0.25) is 0 Å². The normalized spacial score (nSPS) is 16.3. The van der Waals surface area contributed by atoms with Crippen molar-refractivity contribution in [1.82, 2.24) is 9.55 Å². The quantitative estimate of drug-likeness (QED) is 0.593. The molecule has 0 saturated heterocycles. The number of aromatic amines is 1. The van der Waals surface area contributed by atoms with Crippen LogP contribution in [-0.2, 0) is 0 Å². The monoisotopic (exact) mass is 250 g/mol. The van der Waals surface area contributed by atoms with E-state index in [2.05, 4.69) is 27.8 Å². The summed E-state index contributed by atoms with van der Waals surface area (Å²) in [5.41, 5.74) is 2.05. The zero-order chi connectivity index (χ0) is 11.1. The third-order valence-electron chi connectivity index (χ3n) is 3.05. The second kappa shape index (κ2) is 3.75. The second-order valence-corrected chi connectivity index (χ2v) is 4.82. The molecule has 0 spiro atoms. The number of imidazole rings is 1. The van der Waals surface area contributed by atoms with Crippen molar-refractivity contribution in [1.29, 1.82) is 0 Å². The first-order valence-corrected chi connectivity index (χ1v) is 6.10. The summed E-state index contributed by atoms with van der Waals surface area (Å²) in [6.45, 7) is 0. The standard InChI is InChI=1S/C12H11ClN2S/c13-9-6-3-7-10-11(9)14-12(16)15(10)8-4-1-2-5-8/h1-3,6-8H,4-5H2,(H,14,16). The van der Waals surface area contributed by atoms with Gasteiger partial charge in [-0.3, -0.25) is 0 Å². The summed E-state index contributed by atoms with van der Waals surface area (Å²) in [6.07, 6.45) is 6.51. The van der Waals surface area contributed by atoms with E-state index in [-0.39, 0.29) is 0 Å². The number of H-pyrrole nitrogens is 1. The van der Waals surface area contributed by atoms with Gasteiger partial charge in [-0.2, -0.15) is 0 Å². The summed E-state index contributed by atoms with van der Waals surface area (Å²) in [4.78, 5) is 3.19. The fourth-order valence-electron chi connectivity index (χ4n) is 2.29. The molecule has 82 valence electrons. The number of allylic oxidation sites excluding steroid dienone is 2. The number of hydrogen-bond donors (Lipinski definition) is 1. The van der Waals surface area contributed by atoms with Gasteiger partial charge in [0.1, 0.15) is 0 Å². The van der Waals surface area contributed by atoms with Crippen molar-refractivity contribution in [3.8, 4) is 0 Å². The lowest BCUT2D eigenvalue weighted by atomic mass is 10.2. The maximum Gasteiger partial charge on any atom is 0.178 e. The molecule has 4 heteroatoms. The SMILES string of the molecule is S=c1[nH]c2c(Cl)cccc2n1C1CC=CC1. The van der Waals surface area contributed by atoms with E-state index in [1.165, 1.54) is 0 Å². The van der Waals surface area contributed by atoms with Crippen LogP contribution in [0.5, 0.6) is 0 Å². The number of hydrogen-bond acceptors (Lipinski definition) is 1. The number of para-hydroxylation sites is 1. The van der Waals surface area contributed by atoms with E-state index in [9.17, 15) is 0 Å². The van der Waals surface area contributed by atoms with Crippen LogP contribution < -0.4 is 0 Å². The van der Waals surface area contributed by atoms with Gasteiger partial charge in [-0.05, 0) is 37.2 Å². The molecule has 1 aliphatic carbocycles. The zero-order valence-corrected chi connectivity index (χ0v) is 10.2. The third kappa shape index (κ3) is 1.43. The van der Waals surface area contributed by atoms with Crippen LogP contribution >= 0.6 is 23.8 Å². The van der Waals surface area contributed by atoms with E-state index in [1.54, 1.807) is 0 Å². The van der Waals surface area contributed by atoms with Gasteiger partial charge in [0, 0.05) is 6.04 Å². The van der Waals surface area contributed by atoms with Crippen LogP contribution in [-0.4, -0.2) is 9.55 Å². The van der Waals surface area contributed by atoms with Crippen LogP contribution in [0.15, 0.2) is 30.4 Å². The van der Waals surface area contributed by atoms with Gasteiger partial charge in [-0.1, -0.05) is 29.8 Å². The Hall–Kier alpha value is -1.06. The van der Waals surface area contributed by atoms with E-state index >= 15 is 0 Å². The van der Waals surface area contributed by atoms with Gasteiger partial charge in [0.25, 0.3) is 0 Å². The van der Waals surface area contributed by atoms with Crippen molar-refractivity contribution < 1.29 is 0 Å². The Labute approximate surface area is 104 Å². The Balaban J connectivity index is 2.27. The van der Waals surface area contributed by atoms with Crippen molar-refractivity contribution in [2.24, 2.45) is 0 Å². The fraction of sp³-hybridized carbons (Fsp3) is 0.250. The molecule has 0 aliphatic heterocycles. The number of benzene rings is 1. The van der Waals surface area contributed by atoms with Gasteiger partial charge in [-0.15, -0.1) is 0 Å². The summed E-state index contributed by atoms with van der Waals surface area (Å²) in [7, 11) is 0. The molecule has 0 radical (unpaired) electrons. The van der Waals surface area contributed by atoms with Crippen molar-refractivity contribution in [2.45, 2.75) is 18.9 Å². The lowest BCUT2D eigenvalue weighted by Crippen LogP contribution is -2.04. The predicted molar refractivity (Wildman–Crippen MR) is 69.5 cm³/mol.